The van der Waals surface area contributed by atoms with Gasteiger partial charge in [-0.25, -0.2) is 4.90 Å². The normalized spacial score (nSPS) is 15.9. The van der Waals surface area contributed by atoms with Gasteiger partial charge in [0, 0.05) is 28.7 Å². The number of hydrogen-bond donors (Lipinski definition) is 0. The predicted octanol–water partition coefficient (Wildman–Crippen LogP) is 5.38. The quantitative estimate of drug-likeness (QED) is 0.455. The summed E-state index contributed by atoms with van der Waals surface area (Å²) in [7, 11) is 0. The van der Waals surface area contributed by atoms with Crippen LogP contribution in [-0.4, -0.2) is 15.7 Å². The highest BCUT2D eigenvalue weighted by atomic mass is 32.2. The molecule has 1 aliphatic rings. The Morgan fingerprint density at radius 2 is 1.74 bits per heavy atom. The Labute approximate surface area is 161 Å². The standard InChI is InChI=1S/C22H18N2O2S/c1-3-13-23-15(2)18(17-11-7-8-12-19(17)23)14-20-21(25)24(22(26)27-20)16-9-5-4-6-10-16/h3-12,14H,1,13H2,2H3. The molecule has 1 saturated heterocycles. The Balaban J connectivity index is 1.81. The smallest absolute Gasteiger partial charge is 0.298 e. The average molecular weight is 374 g/mol. The molecule has 3 aromatic rings. The maximum atomic E-state index is 12.9. The molecule has 4 nitrogen and oxygen atoms in total. The molecule has 134 valence electrons. The molecule has 1 aromatic heterocycles. The van der Waals surface area contributed by atoms with Crippen molar-refractivity contribution in [2.45, 2.75) is 13.5 Å². The number of hydrogen-bond acceptors (Lipinski definition) is 3. The molecule has 0 spiro atoms. The van der Waals surface area contributed by atoms with Gasteiger partial charge < -0.3 is 4.57 Å². The predicted molar refractivity (Wildman–Crippen MR) is 112 cm³/mol. The summed E-state index contributed by atoms with van der Waals surface area (Å²) in [5.41, 5.74) is 3.69. The average Bonchev–Trinajstić information content (AvgIpc) is 3.11. The highest BCUT2D eigenvalue weighted by Crippen LogP contribution is 2.37. The van der Waals surface area contributed by atoms with Crippen LogP contribution in [0.25, 0.3) is 17.0 Å². The maximum Gasteiger partial charge on any atom is 0.298 e. The number of fused-ring (bicyclic) bond motifs is 1. The minimum atomic E-state index is -0.281. The van der Waals surface area contributed by atoms with Crippen LogP contribution >= 0.6 is 11.8 Å². The minimum absolute atomic E-state index is 0.273. The summed E-state index contributed by atoms with van der Waals surface area (Å²) in [5, 5.41) is 0.785. The molecule has 2 aromatic carbocycles. The minimum Gasteiger partial charge on any atom is -0.340 e. The molecule has 1 fully saturated rings. The molecule has 0 N–H and O–H groups in total. The van der Waals surface area contributed by atoms with Crippen LogP contribution in [0, 0.1) is 6.92 Å². The first kappa shape index (κ1) is 17.4. The topological polar surface area (TPSA) is 42.3 Å². The first-order valence-electron chi connectivity index (χ1n) is 8.63. The zero-order chi connectivity index (χ0) is 19.0. The molecule has 0 bridgehead atoms. The van der Waals surface area contributed by atoms with E-state index < -0.39 is 0 Å². The molecule has 0 atom stereocenters. The fourth-order valence-electron chi connectivity index (χ4n) is 3.40. The lowest BCUT2D eigenvalue weighted by Crippen LogP contribution is -2.27. The van der Waals surface area contributed by atoms with Gasteiger partial charge in [0.05, 0.1) is 10.6 Å². The third kappa shape index (κ3) is 2.90. The van der Waals surface area contributed by atoms with Gasteiger partial charge in [-0.3, -0.25) is 9.59 Å². The summed E-state index contributed by atoms with van der Waals surface area (Å²) in [6.07, 6.45) is 3.69. The van der Waals surface area contributed by atoms with Gasteiger partial charge in [0.25, 0.3) is 11.1 Å². The summed E-state index contributed by atoms with van der Waals surface area (Å²) < 4.78 is 2.16. The Morgan fingerprint density at radius 1 is 1.04 bits per heavy atom. The number of thioether (sulfide) groups is 1. The Kier molecular flexibility index (Phi) is 4.46. The van der Waals surface area contributed by atoms with Gasteiger partial charge in [0.1, 0.15) is 0 Å². The first-order valence-corrected chi connectivity index (χ1v) is 9.45. The van der Waals surface area contributed by atoms with Crippen molar-refractivity contribution in [1.82, 2.24) is 4.57 Å². The third-order valence-corrected chi connectivity index (χ3v) is 5.54. The number of imide groups is 1. The molecule has 0 aliphatic carbocycles. The van der Waals surface area contributed by atoms with Crippen LogP contribution in [0.1, 0.15) is 11.3 Å². The van der Waals surface area contributed by atoms with Gasteiger partial charge in [-0.05, 0) is 43.0 Å². The number of benzene rings is 2. The van der Waals surface area contributed by atoms with Crippen molar-refractivity contribution in [3.8, 4) is 0 Å². The molecular weight excluding hydrogens is 356 g/mol. The summed E-state index contributed by atoms with van der Waals surface area (Å²) >= 11 is 0.980. The van der Waals surface area contributed by atoms with Crippen LogP contribution in [-0.2, 0) is 11.3 Å². The van der Waals surface area contributed by atoms with E-state index in [0.29, 0.717) is 17.1 Å². The van der Waals surface area contributed by atoms with Crippen molar-refractivity contribution in [1.29, 1.82) is 0 Å². The molecule has 4 rings (SSSR count). The highest BCUT2D eigenvalue weighted by Gasteiger charge is 2.36. The van der Waals surface area contributed by atoms with Gasteiger partial charge in [-0.15, -0.1) is 6.58 Å². The summed E-state index contributed by atoms with van der Waals surface area (Å²) in [6, 6.07) is 17.1. The van der Waals surface area contributed by atoms with E-state index in [0.717, 1.165) is 33.9 Å². The van der Waals surface area contributed by atoms with E-state index in [1.165, 1.54) is 4.90 Å². The fourth-order valence-corrected chi connectivity index (χ4v) is 4.23. The van der Waals surface area contributed by atoms with Crippen molar-refractivity contribution >= 4 is 45.6 Å². The monoisotopic (exact) mass is 374 g/mol. The summed E-state index contributed by atoms with van der Waals surface area (Å²) in [5.74, 6) is -0.281. The number of nitrogens with zero attached hydrogens (tertiary/aromatic N) is 2. The third-order valence-electron chi connectivity index (χ3n) is 4.67. The SMILES string of the molecule is C=CCn1c(C)c(C=C2SC(=O)N(c3ccccc3)C2=O)c2ccccc21. The number of para-hydroxylation sites is 2. The lowest BCUT2D eigenvalue weighted by atomic mass is 10.1. The maximum absolute atomic E-state index is 12.9. The van der Waals surface area contributed by atoms with E-state index >= 15 is 0 Å². The molecular formula is C22H18N2O2S. The highest BCUT2D eigenvalue weighted by molar-refractivity contribution is 8.19. The van der Waals surface area contributed by atoms with Crippen LogP contribution in [0.2, 0.25) is 0 Å². The van der Waals surface area contributed by atoms with Crippen LogP contribution in [0.5, 0.6) is 0 Å². The number of amides is 2. The Hall–Kier alpha value is -3.05. The van der Waals surface area contributed by atoms with Crippen LogP contribution in [0.3, 0.4) is 0 Å². The second-order valence-corrected chi connectivity index (χ2v) is 7.26. The number of rotatable bonds is 4. The fraction of sp³-hybridized carbons (Fsp3) is 0.0909. The van der Waals surface area contributed by atoms with E-state index in [1.54, 1.807) is 12.1 Å². The lowest BCUT2D eigenvalue weighted by molar-refractivity contribution is -0.113. The molecule has 0 radical (unpaired) electrons. The van der Waals surface area contributed by atoms with Crippen LogP contribution in [0.4, 0.5) is 10.5 Å². The second kappa shape index (κ2) is 6.93. The largest absolute Gasteiger partial charge is 0.340 e. The van der Waals surface area contributed by atoms with Crippen molar-refractivity contribution in [2.24, 2.45) is 0 Å². The van der Waals surface area contributed by atoms with Crippen LogP contribution in [0.15, 0.2) is 72.2 Å². The summed E-state index contributed by atoms with van der Waals surface area (Å²) in [6.45, 7) is 6.55. The molecule has 0 saturated carbocycles. The van der Waals surface area contributed by atoms with Crippen molar-refractivity contribution < 1.29 is 9.59 Å². The van der Waals surface area contributed by atoms with Gasteiger partial charge in [0.15, 0.2) is 0 Å². The summed E-state index contributed by atoms with van der Waals surface area (Å²) in [4.78, 5) is 27.0. The van der Waals surface area contributed by atoms with Crippen molar-refractivity contribution in [3.63, 3.8) is 0 Å². The Morgan fingerprint density at radius 3 is 2.48 bits per heavy atom. The van der Waals surface area contributed by atoms with E-state index in [4.69, 9.17) is 0 Å². The number of allylic oxidation sites excluding steroid dienone is 1. The van der Waals surface area contributed by atoms with E-state index in [-0.39, 0.29) is 11.1 Å². The zero-order valence-electron chi connectivity index (χ0n) is 14.9. The number of aromatic nitrogens is 1. The zero-order valence-corrected chi connectivity index (χ0v) is 15.7. The van der Waals surface area contributed by atoms with Gasteiger partial charge in [-0.1, -0.05) is 42.5 Å². The molecule has 5 heteroatoms. The number of carbonyl (C=O) groups excluding carboxylic acids is 2. The molecule has 2 amide bonds. The Bertz CT molecular complexity index is 1100. The number of carbonyl (C=O) groups is 2. The van der Waals surface area contributed by atoms with E-state index in [9.17, 15) is 9.59 Å². The van der Waals surface area contributed by atoms with Gasteiger partial charge in [-0.2, -0.15) is 0 Å². The van der Waals surface area contributed by atoms with Crippen molar-refractivity contribution in [3.05, 3.63) is 83.4 Å². The lowest BCUT2D eigenvalue weighted by Gasteiger charge is -2.11. The molecule has 2 heterocycles. The molecule has 27 heavy (non-hydrogen) atoms. The van der Waals surface area contributed by atoms with Crippen molar-refractivity contribution in [2.75, 3.05) is 4.90 Å². The number of anilines is 1. The van der Waals surface area contributed by atoms with E-state index in [2.05, 4.69) is 17.2 Å². The first-order chi connectivity index (χ1) is 13.1. The van der Waals surface area contributed by atoms with Gasteiger partial charge >= 0.3 is 0 Å². The van der Waals surface area contributed by atoms with E-state index in [1.807, 2.05) is 55.5 Å². The second-order valence-electron chi connectivity index (χ2n) is 6.27. The van der Waals surface area contributed by atoms with Crippen LogP contribution < -0.4 is 4.90 Å². The molecule has 1 aliphatic heterocycles. The molecule has 0 unspecified atom stereocenters. The van der Waals surface area contributed by atoms with Gasteiger partial charge in [0.2, 0.25) is 0 Å².